The van der Waals surface area contributed by atoms with Crippen LogP contribution in [0.5, 0.6) is 0 Å². The smallest absolute Gasteiger partial charge is 0.329 e. The molecule has 4 aliphatic rings. The fourth-order valence-corrected chi connectivity index (χ4v) is 17.7. The predicted octanol–water partition coefficient (Wildman–Crippen LogP) is 8.90. The highest BCUT2D eigenvalue weighted by molar-refractivity contribution is 7.86. The fraction of sp³-hybridized carbons (Fsp3) is 0.500. The lowest BCUT2D eigenvalue weighted by atomic mass is 9.81. The molecule has 1 amide bonds. The highest BCUT2D eigenvalue weighted by Gasteiger charge is 2.47. The number of rotatable bonds is 46. The van der Waals surface area contributed by atoms with Crippen LogP contribution in [-0.2, 0) is 81.1 Å². The van der Waals surface area contributed by atoms with E-state index in [-0.39, 0.29) is 54.7 Å². The van der Waals surface area contributed by atoms with Gasteiger partial charge in [0.05, 0.1) is 79.0 Å². The number of ether oxygens (including phenoxy) is 3. The molecule has 0 aromatic heterocycles. The van der Waals surface area contributed by atoms with E-state index in [2.05, 4.69) is 54.3 Å². The first-order chi connectivity index (χ1) is 53.6. The summed E-state index contributed by atoms with van der Waals surface area (Å²) in [6.07, 6.45) is 17.6. The number of anilines is 2. The van der Waals surface area contributed by atoms with Gasteiger partial charge < -0.3 is 54.9 Å². The number of carboxylic acids is 1. The van der Waals surface area contributed by atoms with Gasteiger partial charge in [-0.2, -0.15) is 42.8 Å². The molecule has 624 valence electrons. The van der Waals surface area contributed by atoms with Gasteiger partial charge in [-0.25, -0.2) is 4.79 Å². The number of amides is 1. The third-order valence-electron chi connectivity index (χ3n) is 21.5. The summed E-state index contributed by atoms with van der Waals surface area (Å²) >= 11 is 0. The van der Waals surface area contributed by atoms with E-state index in [1.54, 1.807) is 36.4 Å². The molecule has 0 saturated heterocycles. The summed E-state index contributed by atoms with van der Waals surface area (Å²) in [4.78, 5) is 44.6. The van der Waals surface area contributed by atoms with Gasteiger partial charge in [0.25, 0.3) is 46.4 Å². The number of aliphatic hydroxyl groups excluding tert-OH is 4. The molecule has 0 aliphatic carbocycles. The van der Waals surface area contributed by atoms with Crippen LogP contribution in [0.4, 0.5) is 22.7 Å². The second-order valence-corrected chi connectivity index (χ2v) is 37.5. The van der Waals surface area contributed by atoms with Crippen LogP contribution < -0.4 is 15.1 Å². The Morgan fingerprint density at radius 3 is 1.30 bits per heavy atom. The molecule has 0 fully saturated rings. The number of hydrogen-bond donors (Lipinski definition) is 10. The number of fused-ring (bicyclic) bond motifs is 4. The van der Waals surface area contributed by atoms with Crippen LogP contribution in [0.2, 0.25) is 0 Å². The monoisotopic (exact) mass is 1660 g/mol. The standard InChI is InChI=1S/C82H109N5O23S4/c1-79(2)61-27-15-17-29-66(61)84(39-19-23-43-111(96,97)98)73(79)31-11-9-13-33-75-81(5,6)63-47-57(35-37-68(63)86(75)41-21-25-45-113(102,103)104)70(92)49-59(50-88)71(52-90)109-54-60(108-56-77(93)94)55-110-72(53-91)65(51-89)83-78(95)58-36-38-69-64(48-58)82(7,8)76(87(69)42-22-26-46-114(105,106)107)34-14-10-12-32-74-80(3,4)62-28-16-18-30-67(62)85(74)40-20-24-44-112(99,100)101/h9-18,27-38,47-48,59-60,65,71-72,88-91H,19-26,39-46,49-56H2,1-8H3,(H4-2,83,93,94,95,96,97,98,99,100,101,102,103,104,105,106,107)/p+2. The molecular weight excluding hydrogens is 1550 g/mol. The summed E-state index contributed by atoms with van der Waals surface area (Å²) in [5, 5.41) is 55.4. The Labute approximate surface area is 669 Å². The van der Waals surface area contributed by atoms with Crippen molar-refractivity contribution in [2.24, 2.45) is 5.92 Å². The van der Waals surface area contributed by atoms with Crippen molar-refractivity contribution < 1.29 is 115 Å². The molecule has 114 heavy (non-hydrogen) atoms. The highest BCUT2D eigenvalue weighted by Crippen LogP contribution is 2.50. The second kappa shape index (κ2) is 39.5. The largest absolute Gasteiger partial charge is 0.480 e. The van der Waals surface area contributed by atoms with Crippen LogP contribution >= 0.6 is 0 Å². The lowest BCUT2D eigenvalue weighted by molar-refractivity contribution is -0.438. The van der Waals surface area contributed by atoms with Crippen LogP contribution in [0, 0.1) is 5.92 Å². The number of allylic oxidation sites excluding steroid dienone is 12. The normalized spacial score (nSPS) is 18.6. The fourth-order valence-electron chi connectivity index (χ4n) is 15.5. The number of carbonyl (C=O) groups is 3. The summed E-state index contributed by atoms with van der Waals surface area (Å²) < 4.78 is 153. The Bertz CT molecular complexity index is 4570. The number of carboxylic acid groups (broad SMARTS) is 1. The van der Waals surface area contributed by atoms with Crippen molar-refractivity contribution in [3.8, 4) is 0 Å². The minimum Gasteiger partial charge on any atom is -0.480 e. The van der Waals surface area contributed by atoms with E-state index in [9.17, 15) is 91.8 Å². The molecule has 4 aliphatic heterocycles. The first-order valence-corrected chi connectivity index (χ1v) is 44.6. The molecule has 32 heteroatoms. The SMILES string of the molecule is CC1(C)C(=CC=CC=CC2=[N+](CCCCS(=O)(=O)O)c3ccccc3C2(C)C)N(CCCCS(=O)(=O)O)c2ccc(C(=O)CC(CO)C(CO)OCC(COC(CO)C(CO)NC(=O)c3ccc4c(c3)C(C)(C)C(=CC=CC=CC3=[N+](CCCCS(=O)(=O)O)c5ccccc5C3(C)C)N4CCCCS(=O)(=O)O)OCC(=O)O)cc21. The van der Waals surface area contributed by atoms with Crippen LogP contribution in [0.15, 0.2) is 157 Å². The Hall–Kier alpha value is -7.77. The van der Waals surface area contributed by atoms with E-state index in [0.717, 1.165) is 67.8 Å². The minimum atomic E-state index is -4.24. The molecule has 0 spiro atoms. The minimum absolute atomic E-state index is 0.150. The van der Waals surface area contributed by atoms with E-state index in [4.69, 9.17) is 14.2 Å². The molecule has 0 saturated carbocycles. The molecular formula is C82H111N5O23S4+2. The quantitative estimate of drug-likeness (QED) is 0.00648. The summed E-state index contributed by atoms with van der Waals surface area (Å²) in [5.41, 5.74) is 8.76. The third kappa shape index (κ3) is 24.0. The van der Waals surface area contributed by atoms with E-state index in [0.29, 0.717) is 51.9 Å². The maximum Gasteiger partial charge on any atom is 0.329 e. The van der Waals surface area contributed by atoms with E-state index in [1.165, 1.54) is 0 Å². The first-order valence-electron chi connectivity index (χ1n) is 38.2. The predicted molar refractivity (Wildman–Crippen MR) is 436 cm³/mol. The lowest BCUT2D eigenvalue weighted by Gasteiger charge is -2.29. The van der Waals surface area contributed by atoms with Crippen LogP contribution in [0.25, 0.3) is 0 Å². The van der Waals surface area contributed by atoms with E-state index < -0.39 is 168 Å². The number of aliphatic hydroxyl groups is 4. The van der Waals surface area contributed by atoms with Gasteiger partial charge in [-0.1, -0.05) is 101 Å². The maximum absolute atomic E-state index is 14.4. The molecule has 8 rings (SSSR count). The Morgan fingerprint density at radius 2 is 0.886 bits per heavy atom. The second-order valence-electron chi connectivity index (χ2n) is 31.2. The zero-order chi connectivity index (χ0) is 83.8. The number of unbranched alkanes of at least 4 members (excludes halogenated alkanes) is 4. The number of nitrogens with one attached hydrogen (secondary N) is 1. The van der Waals surface area contributed by atoms with Gasteiger partial charge in [0.1, 0.15) is 31.9 Å². The van der Waals surface area contributed by atoms with Gasteiger partial charge in [-0.15, -0.1) is 0 Å². The summed E-state index contributed by atoms with van der Waals surface area (Å²) in [6.45, 7) is 13.3. The van der Waals surface area contributed by atoms with E-state index >= 15 is 0 Å². The summed E-state index contributed by atoms with van der Waals surface area (Å²) in [5.74, 6) is -5.06. The zero-order valence-electron chi connectivity index (χ0n) is 65.9. The molecule has 0 bridgehead atoms. The third-order valence-corrected chi connectivity index (χ3v) is 24.7. The van der Waals surface area contributed by atoms with Gasteiger partial charge in [0.2, 0.25) is 11.4 Å². The maximum atomic E-state index is 14.4. The van der Waals surface area contributed by atoms with E-state index in [1.807, 2.05) is 135 Å². The van der Waals surface area contributed by atoms with Crippen molar-refractivity contribution in [2.75, 3.05) is 105 Å². The van der Waals surface area contributed by atoms with Crippen LogP contribution in [0.3, 0.4) is 0 Å². The molecule has 0 radical (unpaired) electrons. The summed E-state index contributed by atoms with van der Waals surface area (Å²) in [7, 11) is -16.7. The number of carbonyl (C=O) groups excluding carboxylic acids is 2. The number of Topliss-reactive ketones (excluding diaryl/α,β-unsaturated/α-hetero) is 1. The summed E-state index contributed by atoms with van der Waals surface area (Å²) in [6, 6.07) is 24.9. The lowest BCUT2D eigenvalue weighted by Crippen LogP contribution is -2.49. The molecule has 4 aromatic carbocycles. The van der Waals surface area contributed by atoms with Gasteiger partial charge in [-0.05, 0) is 126 Å². The Balaban J connectivity index is 0.939. The number of ketones is 1. The van der Waals surface area contributed by atoms with Crippen molar-refractivity contribution in [3.63, 3.8) is 0 Å². The molecule has 28 nitrogen and oxygen atoms in total. The van der Waals surface area contributed by atoms with Crippen molar-refractivity contribution in [2.45, 2.75) is 159 Å². The van der Waals surface area contributed by atoms with Gasteiger partial charge in [-0.3, -0.25) is 27.8 Å². The van der Waals surface area contributed by atoms with Crippen molar-refractivity contribution in [3.05, 3.63) is 190 Å². The Morgan fingerprint density at radius 1 is 0.474 bits per heavy atom. The van der Waals surface area contributed by atoms with Crippen LogP contribution in [-0.4, -0.2) is 235 Å². The molecule has 5 unspecified atom stereocenters. The van der Waals surface area contributed by atoms with Crippen molar-refractivity contribution in [1.29, 1.82) is 0 Å². The Kier molecular flexibility index (Phi) is 31.8. The zero-order valence-corrected chi connectivity index (χ0v) is 69.1. The number of nitrogens with zero attached hydrogens (tertiary/aromatic N) is 4. The topological polar surface area (TPSA) is 422 Å². The van der Waals surface area contributed by atoms with Gasteiger partial charge in [0, 0.05) is 125 Å². The molecule has 5 atom stereocenters. The van der Waals surface area contributed by atoms with Gasteiger partial charge in [0.15, 0.2) is 17.2 Å². The van der Waals surface area contributed by atoms with Crippen molar-refractivity contribution in [1.82, 2.24) is 5.32 Å². The number of aliphatic carboxylic acids is 1. The average molecular weight is 1660 g/mol. The van der Waals surface area contributed by atoms with Gasteiger partial charge >= 0.3 is 5.97 Å². The number of benzene rings is 4. The molecule has 4 aromatic rings. The molecule has 10 N–H and O–H groups in total. The van der Waals surface area contributed by atoms with Crippen LogP contribution in [0.1, 0.15) is 156 Å². The number of para-hydroxylation sites is 2. The average Bonchev–Trinajstić information content (AvgIpc) is 1.61. The molecule has 4 heterocycles. The van der Waals surface area contributed by atoms with Crippen molar-refractivity contribution >= 4 is 92.3 Å². The number of hydrogen-bond acceptors (Lipinski definition) is 20. The first kappa shape index (κ1) is 91.7. The highest BCUT2D eigenvalue weighted by atomic mass is 32.2.